The zero-order valence-electron chi connectivity index (χ0n) is 42.4. The van der Waals surface area contributed by atoms with Crippen LogP contribution in [0.25, 0.3) is 0 Å². The lowest BCUT2D eigenvalue weighted by atomic mass is 9.93. The zero-order chi connectivity index (χ0) is 52.6. The molecule has 12 nitrogen and oxygen atoms in total. The summed E-state index contributed by atoms with van der Waals surface area (Å²) in [7, 11) is 0. The maximum absolute atomic E-state index is 11.6. The van der Waals surface area contributed by atoms with Gasteiger partial charge in [-0.2, -0.15) is 0 Å². The summed E-state index contributed by atoms with van der Waals surface area (Å²) < 4.78 is 25.0. The summed E-state index contributed by atoms with van der Waals surface area (Å²) in [6, 6.07) is 22.4. The van der Waals surface area contributed by atoms with Crippen LogP contribution >= 0.6 is 11.6 Å². The van der Waals surface area contributed by atoms with Gasteiger partial charge in [-0.25, -0.2) is 19.2 Å². The molecule has 0 aliphatic rings. The normalized spacial score (nSPS) is 10.6. The maximum atomic E-state index is 11.6. The lowest BCUT2D eigenvalue weighted by molar-refractivity contribution is 0.0516. The van der Waals surface area contributed by atoms with Crippen LogP contribution in [0.15, 0.2) is 133 Å². The molecule has 0 aliphatic carbocycles. The predicted octanol–water partition coefficient (Wildman–Crippen LogP) is 13.5. The fourth-order valence-corrected chi connectivity index (χ4v) is 5.50. The van der Waals surface area contributed by atoms with E-state index in [0.717, 1.165) is 16.9 Å². The van der Waals surface area contributed by atoms with Gasteiger partial charge in [0, 0.05) is 28.8 Å². The Morgan fingerprint density at radius 2 is 0.841 bits per heavy atom. The zero-order valence-corrected chi connectivity index (χ0v) is 43.2. The van der Waals surface area contributed by atoms with Gasteiger partial charge < -0.3 is 39.0 Å². The monoisotopic (exact) mass is 972 g/mol. The predicted molar refractivity (Wildman–Crippen MR) is 276 cm³/mol. The molecular weight excluding hydrogens is 900 g/mol. The number of phenolic OH excluding ortho intramolecular Hbond substituents is 3. The summed E-state index contributed by atoms with van der Waals surface area (Å²) in [5.41, 5.74) is 7.66. The number of carbonyl (C=O) groups is 4. The summed E-state index contributed by atoms with van der Waals surface area (Å²) >= 11 is 5.32. The number of benzene rings is 4. The Bertz CT molecular complexity index is 2200. The van der Waals surface area contributed by atoms with Crippen molar-refractivity contribution < 1.29 is 58.2 Å². The molecule has 0 aliphatic heterocycles. The molecule has 0 bridgehead atoms. The van der Waals surface area contributed by atoms with E-state index in [1.165, 1.54) is 47.5 Å². The minimum atomic E-state index is -0.373. The summed E-state index contributed by atoms with van der Waals surface area (Å²) in [5, 5.41) is 28.5. The van der Waals surface area contributed by atoms with Crippen LogP contribution in [0.1, 0.15) is 147 Å². The Morgan fingerprint density at radius 1 is 0.522 bits per heavy atom. The molecule has 0 amide bonds. The van der Waals surface area contributed by atoms with Crippen LogP contribution in [0.5, 0.6) is 23.0 Å². The van der Waals surface area contributed by atoms with E-state index in [9.17, 15) is 29.4 Å². The number of allylic oxidation sites excluding steroid dienone is 5. The number of aromatic hydroxyl groups is 3. The number of alkyl halides is 1. The first kappa shape index (κ1) is 62.2. The summed E-state index contributed by atoms with van der Waals surface area (Å²) in [4.78, 5) is 45.6. The third-order valence-corrected chi connectivity index (χ3v) is 9.61. The van der Waals surface area contributed by atoms with Crippen molar-refractivity contribution in [1.82, 2.24) is 0 Å². The van der Waals surface area contributed by atoms with Crippen molar-refractivity contribution in [3.8, 4) is 23.0 Å². The molecule has 0 fully saturated rings. The van der Waals surface area contributed by atoms with Crippen molar-refractivity contribution in [1.29, 1.82) is 0 Å². The average Bonchev–Trinajstić information content (AvgIpc) is 3.30. The van der Waals surface area contributed by atoms with E-state index in [4.69, 9.17) is 40.4 Å². The van der Waals surface area contributed by atoms with Crippen molar-refractivity contribution in [3.63, 3.8) is 0 Å². The van der Waals surface area contributed by atoms with E-state index < -0.39 is 0 Å². The molecule has 2 unspecified atom stereocenters. The summed E-state index contributed by atoms with van der Waals surface area (Å²) in [6.45, 7) is 32.5. The molecule has 0 spiro atoms. The van der Waals surface area contributed by atoms with Gasteiger partial charge in [0.25, 0.3) is 0 Å². The molecule has 3 N–H and O–H groups in total. The third-order valence-electron chi connectivity index (χ3n) is 9.46. The molecule has 4 aromatic carbocycles. The second-order valence-corrected chi connectivity index (χ2v) is 16.0. The molecule has 13 heteroatoms. The van der Waals surface area contributed by atoms with Crippen molar-refractivity contribution in [2.45, 2.75) is 94.9 Å². The van der Waals surface area contributed by atoms with E-state index in [-0.39, 0.29) is 53.0 Å². The lowest BCUT2D eigenvalue weighted by Gasteiger charge is -2.14. The quantitative estimate of drug-likeness (QED) is 0.0420. The number of hydrogen-bond donors (Lipinski definition) is 3. The van der Waals surface area contributed by atoms with Crippen molar-refractivity contribution in [3.05, 3.63) is 166 Å². The highest BCUT2D eigenvalue weighted by Crippen LogP contribution is 2.32. The van der Waals surface area contributed by atoms with Crippen LogP contribution in [-0.4, -0.2) is 78.1 Å². The lowest BCUT2D eigenvalue weighted by Crippen LogP contribution is -2.06. The van der Waals surface area contributed by atoms with Gasteiger partial charge in [0.2, 0.25) is 0 Å². The fourth-order valence-electron chi connectivity index (χ4n) is 5.19. The van der Waals surface area contributed by atoms with Crippen LogP contribution in [-0.2, 0) is 18.9 Å². The van der Waals surface area contributed by atoms with Gasteiger partial charge in [-0.15, -0.1) is 11.6 Å². The van der Waals surface area contributed by atoms with E-state index >= 15 is 0 Å². The van der Waals surface area contributed by atoms with E-state index in [0.29, 0.717) is 72.3 Å². The minimum absolute atomic E-state index is 0.00405. The van der Waals surface area contributed by atoms with Crippen LogP contribution < -0.4 is 4.74 Å². The van der Waals surface area contributed by atoms with Gasteiger partial charge in [0.05, 0.1) is 48.7 Å². The number of esters is 4. The van der Waals surface area contributed by atoms with Gasteiger partial charge in [0.1, 0.15) is 29.6 Å². The number of hydrogen-bond acceptors (Lipinski definition) is 12. The fraction of sp³-hybridized carbons (Fsp3) is 0.357. The summed E-state index contributed by atoms with van der Waals surface area (Å²) in [6.07, 6.45) is 3.97. The Morgan fingerprint density at radius 3 is 1.13 bits per heavy atom. The second-order valence-electron chi connectivity index (χ2n) is 15.7. The SMILES string of the molecule is C=C(C)C(C)c1cc(C(=O)OCC)ccc1O.C=C(C)C(C)c1cc(C(=O)OCC)ccc1O.CC(C)=CCCl.CCOC(=O)c1ccc(O)cc1.CCOC(=O)c1ccc(OCC=C(C)C)cc1. The summed E-state index contributed by atoms with van der Waals surface area (Å²) in [5.74, 6) is 0.475. The van der Waals surface area contributed by atoms with Crippen LogP contribution in [0.3, 0.4) is 0 Å². The molecule has 4 rings (SSSR count). The van der Waals surface area contributed by atoms with Gasteiger partial charge in [-0.1, -0.05) is 55.4 Å². The molecule has 0 saturated heterocycles. The first-order chi connectivity index (χ1) is 32.6. The Hall–Kier alpha value is -6.79. The number of carbonyl (C=O) groups excluding carboxylic acids is 4. The van der Waals surface area contributed by atoms with Crippen LogP contribution in [0.2, 0.25) is 0 Å². The molecule has 376 valence electrons. The van der Waals surface area contributed by atoms with Gasteiger partial charge >= 0.3 is 23.9 Å². The molecule has 0 saturated carbocycles. The molecule has 69 heavy (non-hydrogen) atoms. The van der Waals surface area contributed by atoms with Crippen LogP contribution in [0, 0.1) is 0 Å². The van der Waals surface area contributed by atoms with E-state index in [1.54, 1.807) is 76.2 Å². The molecular formula is C56H73ClO12. The minimum Gasteiger partial charge on any atom is -0.508 e. The van der Waals surface area contributed by atoms with Gasteiger partial charge in [-0.3, -0.25) is 0 Å². The molecule has 0 radical (unpaired) electrons. The largest absolute Gasteiger partial charge is 0.508 e. The van der Waals surface area contributed by atoms with Crippen molar-refractivity contribution >= 4 is 35.5 Å². The smallest absolute Gasteiger partial charge is 0.338 e. The van der Waals surface area contributed by atoms with Crippen molar-refractivity contribution in [2.75, 3.05) is 38.9 Å². The Kier molecular flexibility index (Phi) is 31.1. The number of rotatable bonds is 16. The maximum Gasteiger partial charge on any atom is 0.338 e. The molecule has 0 heterocycles. The molecule has 4 aromatic rings. The van der Waals surface area contributed by atoms with E-state index in [2.05, 4.69) is 13.2 Å². The average molecular weight is 974 g/mol. The number of phenols is 3. The van der Waals surface area contributed by atoms with Gasteiger partial charge in [0.15, 0.2) is 0 Å². The highest BCUT2D eigenvalue weighted by atomic mass is 35.5. The second kappa shape index (κ2) is 34.5. The molecule has 0 aromatic heterocycles. The number of ether oxygens (including phenoxy) is 5. The van der Waals surface area contributed by atoms with Gasteiger partial charge in [-0.05, 0) is 160 Å². The number of halogens is 1. The Labute approximate surface area is 414 Å². The van der Waals surface area contributed by atoms with E-state index in [1.807, 2.05) is 67.5 Å². The van der Waals surface area contributed by atoms with Crippen molar-refractivity contribution in [2.24, 2.45) is 0 Å². The topological polar surface area (TPSA) is 175 Å². The van der Waals surface area contributed by atoms with Crippen LogP contribution in [0.4, 0.5) is 0 Å². The first-order valence-corrected chi connectivity index (χ1v) is 23.1. The first-order valence-electron chi connectivity index (χ1n) is 22.6. The Balaban J connectivity index is 0.000000864. The standard InChI is InChI=1S/3C14H18O3.C9H10O3.C5H9Cl/c2*1-5-17-14(16)11-6-7-13(15)12(8-11)10(4)9(2)3;1-4-16-14(15)12-5-7-13(8-6-12)17-10-9-11(2)3;1-2-12-9(11)7-3-5-8(10)6-4-7;1-5(2)3-4-6/h2*6-8,10,15H,2,5H2,1,3-4H3;5-9H,4,10H2,1-3H3;3-6,10H,2H2,1H3;3H,4H2,1-2H3. The highest BCUT2D eigenvalue weighted by molar-refractivity contribution is 6.18. The highest BCUT2D eigenvalue weighted by Gasteiger charge is 2.17. The third kappa shape index (κ3) is 25.2. The molecule has 2 atom stereocenters.